The maximum atomic E-state index is 12.5. The van der Waals surface area contributed by atoms with Gasteiger partial charge in [-0.25, -0.2) is 0 Å². The lowest BCUT2D eigenvalue weighted by Crippen LogP contribution is -2.37. The maximum absolute atomic E-state index is 12.5. The summed E-state index contributed by atoms with van der Waals surface area (Å²) >= 11 is 0. The average Bonchev–Trinajstić information content (AvgIpc) is 3.13. The molecule has 3 aliphatic rings. The van der Waals surface area contributed by atoms with E-state index in [1.165, 1.54) is 12.8 Å². The van der Waals surface area contributed by atoms with Crippen LogP contribution in [0.1, 0.15) is 32.1 Å². The zero-order valence-electron chi connectivity index (χ0n) is 12.0. The van der Waals surface area contributed by atoms with Crippen molar-refractivity contribution in [2.45, 2.75) is 32.1 Å². The van der Waals surface area contributed by atoms with Crippen molar-refractivity contribution in [1.82, 2.24) is 10.2 Å². The minimum absolute atomic E-state index is 0.319. The Hall–Kier alpha value is -0.610. The highest BCUT2D eigenvalue weighted by atomic mass is 16.5. The van der Waals surface area contributed by atoms with Gasteiger partial charge in [-0.15, -0.1) is 0 Å². The summed E-state index contributed by atoms with van der Waals surface area (Å²) in [6.07, 6.45) is 5.73. The summed E-state index contributed by atoms with van der Waals surface area (Å²) in [6, 6.07) is 0. The molecule has 1 atom stereocenters. The fourth-order valence-electron chi connectivity index (χ4n) is 3.85. The Morgan fingerprint density at radius 1 is 1.32 bits per heavy atom. The molecule has 2 heterocycles. The topological polar surface area (TPSA) is 41.6 Å². The predicted molar refractivity (Wildman–Crippen MR) is 73.8 cm³/mol. The minimum Gasteiger partial charge on any atom is -0.381 e. The normalized spacial score (nSPS) is 30.3. The first-order valence-electron chi connectivity index (χ1n) is 7.75. The summed E-state index contributed by atoms with van der Waals surface area (Å²) in [6.45, 7) is 4.84. The third kappa shape index (κ3) is 2.79. The van der Waals surface area contributed by atoms with Gasteiger partial charge < -0.3 is 15.0 Å². The van der Waals surface area contributed by atoms with E-state index in [1.54, 1.807) is 0 Å². The molecule has 19 heavy (non-hydrogen) atoms. The van der Waals surface area contributed by atoms with Gasteiger partial charge in [0.2, 0.25) is 5.91 Å². The van der Waals surface area contributed by atoms with Crippen LogP contribution in [0.4, 0.5) is 0 Å². The molecule has 2 aliphatic heterocycles. The van der Waals surface area contributed by atoms with E-state index >= 15 is 0 Å². The molecule has 0 bridgehead atoms. The monoisotopic (exact) mass is 266 g/mol. The van der Waals surface area contributed by atoms with Gasteiger partial charge in [-0.2, -0.15) is 0 Å². The second-order valence-corrected chi connectivity index (χ2v) is 6.64. The van der Waals surface area contributed by atoms with Crippen LogP contribution in [0, 0.1) is 17.3 Å². The van der Waals surface area contributed by atoms with Crippen molar-refractivity contribution >= 4 is 5.91 Å². The van der Waals surface area contributed by atoms with Crippen molar-refractivity contribution in [1.29, 1.82) is 0 Å². The molecular weight excluding hydrogens is 240 g/mol. The van der Waals surface area contributed by atoms with Gasteiger partial charge in [0.25, 0.3) is 0 Å². The molecule has 3 fully saturated rings. The third-order valence-electron chi connectivity index (χ3n) is 5.34. The number of rotatable bonds is 3. The molecule has 3 rings (SSSR count). The van der Waals surface area contributed by atoms with Gasteiger partial charge in [-0.05, 0) is 56.5 Å². The largest absolute Gasteiger partial charge is 0.381 e. The molecule has 1 amide bonds. The molecule has 1 unspecified atom stereocenters. The number of hydrogen-bond acceptors (Lipinski definition) is 3. The van der Waals surface area contributed by atoms with Crippen molar-refractivity contribution in [3.63, 3.8) is 0 Å². The van der Waals surface area contributed by atoms with E-state index in [2.05, 4.69) is 5.32 Å². The van der Waals surface area contributed by atoms with Gasteiger partial charge in [0.15, 0.2) is 0 Å². The van der Waals surface area contributed by atoms with Crippen molar-refractivity contribution in [3.8, 4) is 0 Å². The Morgan fingerprint density at radius 3 is 2.68 bits per heavy atom. The number of ether oxygens (including phenoxy) is 1. The molecular formula is C15H26N2O2. The van der Waals surface area contributed by atoms with Gasteiger partial charge in [0.05, 0.1) is 0 Å². The Labute approximate surface area is 115 Å². The zero-order chi connectivity index (χ0) is 13.3. The first-order chi connectivity index (χ1) is 9.21. The van der Waals surface area contributed by atoms with Crippen molar-refractivity contribution in [2.24, 2.45) is 17.3 Å². The highest BCUT2D eigenvalue weighted by Gasteiger charge is 2.58. The molecule has 4 heteroatoms. The molecule has 0 aromatic rings. The van der Waals surface area contributed by atoms with Crippen LogP contribution in [-0.2, 0) is 9.53 Å². The minimum atomic E-state index is 0.319. The van der Waals surface area contributed by atoms with E-state index in [0.29, 0.717) is 23.2 Å². The Morgan fingerprint density at radius 2 is 2.00 bits per heavy atom. The number of nitrogens with one attached hydrogen (secondary N) is 1. The lowest BCUT2D eigenvalue weighted by atomic mass is 9.91. The van der Waals surface area contributed by atoms with Crippen LogP contribution in [0.2, 0.25) is 0 Å². The average molecular weight is 266 g/mol. The van der Waals surface area contributed by atoms with Crippen LogP contribution < -0.4 is 5.32 Å². The first-order valence-corrected chi connectivity index (χ1v) is 7.75. The lowest BCUT2D eigenvalue weighted by Gasteiger charge is -2.29. The van der Waals surface area contributed by atoms with Crippen molar-refractivity contribution < 1.29 is 9.53 Å². The van der Waals surface area contributed by atoms with Gasteiger partial charge >= 0.3 is 0 Å². The van der Waals surface area contributed by atoms with Crippen molar-refractivity contribution in [2.75, 3.05) is 39.9 Å². The van der Waals surface area contributed by atoms with Crippen LogP contribution >= 0.6 is 0 Å². The second kappa shape index (κ2) is 5.41. The van der Waals surface area contributed by atoms with Crippen molar-refractivity contribution in [3.05, 3.63) is 0 Å². The van der Waals surface area contributed by atoms with Crippen LogP contribution in [0.25, 0.3) is 0 Å². The lowest BCUT2D eigenvalue weighted by molar-refractivity contribution is -0.133. The Bertz CT molecular complexity index is 333. The number of hydrogen-bond donors (Lipinski definition) is 1. The summed E-state index contributed by atoms with van der Waals surface area (Å²) < 4.78 is 5.38. The second-order valence-electron chi connectivity index (χ2n) is 6.64. The highest BCUT2D eigenvalue weighted by Crippen LogP contribution is 2.59. The summed E-state index contributed by atoms with van der Waals surface area (Å²) in [5, 5.41) is 3.40. The number of carbonyl (C=O) groups excluding carboxylic acids is 1. The van der Waals surface area contributed by atoms with E-state index in [0.717, 1.165) is 52.1 Å². The third-order valence-corrected chi connectivity index (χ3v) is 5.34. The van der Waals surface area contributed by atoms with Crippen LogP contribution in [0.5, 0.6) is 0 Å². The van der Waals surface area contributed by atoms with E-state index in [1.807, 2.05) is 11.9 Å². The molecule has 0 aromatic carbocycles. The van der Waals surface area contributed by atoms with E-state index < -0.39 is 0 Å². The quantitative estimate of drug-likeness (QED) is 0.836. The summed E-state index contributed by atoms with van der Waals surface area (Å²) in [5.41, 5.74) is 0.367. The predicted octanol–water partition coefficient (Wildman–Crippen LogP) is 1.26. The number of carbonyl (C=O) groups is 1. The molecule has 108 valence electrons. The van der Waals surface area contributed by atoms with E-state index in [4.69, 9.17) is 4.74 Å². The fourth-order valence-corrected chi connectivity index (χ4v) is 3.85. The molecule has 1 saturated carbocycles. The number of amides is 1. The summed E-state index contributed by atoms with van der Waals surface area (Å²) in [7, 11) is 1.99. The fraction of sp³-hybridized carbons (Fsp3) is 0.933. The molecule has 0 aromatic heterocycles. The molecule has 0 radical (unpaired) electrons. The Kier molecular flexibility index (Phi) is 3.81. The van der Waals surface area contributed by atoms with Gasteiger partial charge in [0.1, 0.15) is 0 Å². The van der Waals surface area contributed by atoms with E-state index in [-0.39, 0.29) is 0 Å². The smallest absolute Gasteiger partial charge is 0.226 e. The number of piperidine rings is 1. The summed E-state index contributed by atoms with van der Waals surface area (Å²) in [5.74, 6) is 1.36. The van der Waals surface area contributed by atoms with Gasteiger partial charge in [-0.1, -0.05) is 0 Å². The number of nitrogens with zero attached hydrogens (tertiary/aromatic N) is 1. The molecule has 4 nitrogen and oxygen atoms in total. The standard InChI is InChI=1S/C15H26N2O2/c1-17(11-12-2-8-19-9-3-12)14(18)13-10-15(13)4-6-16-7-5-15/h12-13,16H,2-11H2,1H3. The van der Waals surface area contributed by atoms with Crippen LogP contribution in [-0.4, -0.2) is 50.7 Å². The summed E-state index contributed by atoms with van der Waals surface area (Å²) in [4.78, 5) is 14.5. The first kappa shape index (κ1) is 13.4. The molecule has 2 saturated heterocycles. The zero-order valence-corrected chi connectivity index (χ0v) is 12.0. The SMILES string of the molecule is CN(CC1CCOCC1)C(=O)C1CC12CCNCC2. The Balaban J connectivity index is 1.50. The maximum Gasteiger partial charge on any atom is 0.226 e. The van der Waals surface area contributed by atoms with E-state index in [9.17, 15) is 4.79 Å². The molecule has 1 aliphatic carbocycles. The molecule has 1 N–H and O–H groups in total. The highest BCUT2D eigenvalue weighted by molar-refractivity contribution is 5.82. The van der Waals surface area contributed by atoms with Gasteiger partial charge in [-0.3, -0.25) is 4.79 Å². The molecule has 1 spiro atoms. The van der Waals surface area contributed by atoms with Crippen LogP contribution in [0.3, 0.4) is 0 Å². The van der Waals surface area contributed by atoms with Gasteiger partial charge in [0, 0.05) is 32.7 Å². The van der Waals surface area contributed by atoms with Crippen LogP contribution in [0.15, 0.2) is 0 Å².